The fraction of sp³-hybridized carbons (Fsp3) is 0.0727. The molecule has 6 aromatic carbocycles. The van der Waals surface area contributed by atoms with Gasteiger partial charge in [-0.15, -0.1) is 0 Å². The van der Waals surface area contributed by atoms with Gasteiger partial charge in [-0.2, -0.15) is 0 Å². The van der Waals surface area contributed by atoms with E-state index in [4.69, 9.17) is 14.2 Å². The van der Waals surface area contributed by atoms with Gasteiger partial charge in [-0.25, -0.2) is 4.99 Å². The van der Waals surface area contributed by atoms with Crippen molar-refractivity contribution in [2.75, 3.05) is 0 Å². The number of allylic oxidation sites excluding steroid dienone is 11. The molecule has 7 heteroatoms. The van der Waals surface area contributed by atoms with Crippen molar-refractivity contribution in [3.8, 4) is 34.5 Å². The van der Waals surface area contributed by atoms with Crippen molar-refractivity contribution in [2.45, 2.75) is 27.7 Å². The molecule has 310 valence electrons. The Balaban J connectivity index is 0.955. The summed E-state index contributed by atoms with van der Waals surface area (Å²) < 4.78 is 18.2. The molecule has 6 aromatic rings. The number of nitrogens with one attached hydrogen (secondary N) is 1. The lowest BCUT2D eigenvalue weighted by molar-refractivity contribution is -0.496. The van der Waals surface area contributed by atoms with E-state index in [1.807, 2.05) is 154 Å². The number of hydrogen-bond acceptors (Lipinski definition) is 3. The van der Waals surface area contributed by atoms with Gasteiger partial charge in [0, 0.05) is 42.0 Å². The first-order chi connectivity index (χ1) is 30.5. The van der Waals surface area contributed by atoms with Crippen LogP contribution in [0.2, 0.25) is 0 Å². The fourth-order valence-corrected chi connectivity index (χ4v) is 6.38. The number of hydrogen-bond donors (Lipinski definition) is 4. The summed E-state index contributed by atoms with van der Waals surface area (Å²) in [6.45, 7) is 8.20. The monoisotopic (exact) mass is 820 g/mol. The fourth-order valence-electron chi connectivity index (χ4n) is 6.38. The van der Waals surface area contributed by atoms with Crippen LogP contribution in [0.1, 0.15) is 27.7 Å². The standard InChI is InChI=1S/C55H52N4O3/c1-5-42(43(6-2)34-37-57-48-17-15-23-54(39-48)61-50-19-11-9-12-20-50)33-36-56-46-25-29-52(30-26-46)60-53-31-27-47(28-32-53)59-41-45(8-4)44(7-3)35-38-58-49-18-16-24-55(40-49)62-51-21-13-10-14-22-51/h5-41,56-58H,1-4H3/p+4/b36-33-,37-34-,38-35-,42-5+,43-6+,44-7+,45-8+,59-41?. The molecule has 0 heterocycles. The zero-order valence-corrected chi connectivity index (χ0v) is 35.8. The number of rotatable bonds is 19. The van der Waals surface area contributed by atoms with E-state index < -0.39 is 0 Å². The molecule has 0 atom stereocenters. The van der Waals surface area contributed by atoms with Gasteiger partial charge in [-0.1, -0.05) is 72.8 Å². The molecule has 62 heavy (non-hydrogen) atoms. The minimum Gasteiger partial charge on any atom is -0.457 e. The zero-order valence-electron chi connectivity index (χ0n) is 35.8. The van der Waals surface area contributed by atoms with Crippen molar-refractivity contribution in [1.29, 1.82) is 0 Å². The molecule has 0 radical (unpaired) electrons. The van der Waals surface area contributed by atoms with Gasteiger partial charge in [0.15, 0.2) is 6.21 Å². The van der Waals surface area contributed by atoms with Gasteiger partial charge in [-0.3, -0.25) is 16.0 Å². The molecule has 6 rings (SSSR count). The molecule has 0 bridgehead atoms. The maximum Gasteiger partial charge on any atom is 0.203 e. The van der Waals surface area contributed by atoms with Gasteiger partial charge in [0.05, 0.1) is 18.6 Å². The second-order valence-corrected chi connectivity index (χ2v) is 14.0. The lowest BCUT2D eigenvalue weighted by Crippen LogP contribution is -2.71. The van der Waals surface area contributed by atoms with Gasteiger partial charge < -0.3 is 14.2 Å². The molecular formula is C55H56N4O3+4. The van der Waals surface area contributed by atoms with Crippen molar-refractivity contribution in [3.05, 3.63) is 241 Å². The molecule has 0 aliphatic heterocycles. The molecule has 7 nitrogen and oxygen atoms in total. The molecule has 7 N–H and O–H groups in total. The van der Waals surface area contributed by atoms with E-state index in [1.165, 1.54) is 0 Å². The minimum atomic E-state index is 0.763. The van der Waals surface area contributed by atoms with Crippen LogP contribution in [0.3, 0.4) is 0 Å². The quantitative estimate of drug-likeness (QED) is 0.0373. The average Bonchev–Trinajstić information content (AvgIpc) is 3.31. The SMILES string of the molecule is C/C=C(C=[NH+]c1ccc(Oc2ccc([NH2+]\C=C/C(=C\C)C(/C=C\[NH2+]c3cccc(Oc4ccccc4)c3)=C/C)cc2)cc1)/C(/C=C\[NH2+]c1cccc(Oc2ccccc2)c1)=C/C. The Hall–Kier alpha value is -7.55. The predicted octanol–water partition coefficient (Wildman–Crippen LogP) is 10.2. The molecule has 0 unspecified atom stereocenters. The van der Waals surface area contributed by atoms with E-state index in [0.717, 1.165) is 79.5 Å². The van der Waals surface area contributed by atoms with Gasteiger partial charge in [-0.05, 0) is 135 Å². The first-order valence-corrected chi connectivity index (χ1v) is 20.9. The Morgan fingerprint density at radius 2 is 0.742 bits per heavy atom. The molecule has 0 saturated heterocycles. The van der Waals surface area contributed by atoms with E-state index in [2.05, 4.69) is 120 Å². The number of quaternary nitrogens is 3. The number of para-hydroxylation sites is 2. The maximum absolute atomic E-state index is 6.17. The van der Waals surface area contributed by atoms with E-state index in [0.29, 0.717) is 0 Å². The van der Waals surface area contributed by atoms with Crippen LogP contribution in [0.15, 0.2) is 241 Å². The van der Waals surface area contributed by atoms with E-state index >= 15 is 0 Å². The Labute approximate surface area is 366 Å². The van der Waals surface area contributed by atoms with Crippen LogP contribution >= 0.6 is 0 Å². The summed E-state index contributed by atoms with van der Waals surface area (Å²) in [5.74, 6) is 4.78. The third-order valence-corrected chi connectivity index (χ3v) is 9.64. The molecule has 0 spiro atoms. The number of nitrogens with two attached hydrogens (primary N) is 3. The summed E-state index contributed by atoms with van der Waals surface area (Å²) in [7, 11) is 0. The van der Waals surface area contributed by atoms with E-state index in [-0.39, 0.29) is 0 Å². The van der Waals surface area contributed by atoms with Crippen LogP contribution in [0.25, 0.3) is 0 Å². The largest absolute Gasteiger partial charge is 0.457 e. The summed E-state index contributed by atoms with van der Waals surface area (Å²) >= 11 is 0. The van der Waals surface area contributed by atoms with Gasteiger partial charge in [0.1, 0.15) is 51.6 Å². The average molecular weight is 821 g/mol. The lowest BCUT2D eigenvalue weighted by Gasteiger charge is -2.06. The summed E-state index contributed by atoms with van der Waals surface area (Å²) in [6, 6.07) is 51.8. The highest BCUT2D eigenvalue weighted by atomic mass is 16.5. The molecule has 0 aliphatic carbocycles. The van der Waals surface area contributed by atoms with E-state index in [9.17, 15) is 0 Å². The van der Waals surface area contributed by atoms with Crippen LogP contribution in [0, 0.1) is 0 Å². The van der Waals surface area contributed by atoms with Crippen molar-refractivity contribution in [1.82, 2.24) is 0 Å². The molecule has 0 saturated carbocycles. The highest BCUT2D eigenvalue weighted by molar-refractivity contribution is 5.82. The van der Waals surface area contributed by atoms with Crippen LogP contribution in [0.5, 0.6) is 34.5 Å². The third-order valence-electron chi connectivity index (χ3n) is 9.64. The van der Waals surface area contributed by atoms with Gasteiger partial charge in [0.2, 0.25) is 5.69 Å². The Kier molecular flexibility index (Phi) is 17.0. The summed E-state index contributed by atoms with van der Waals surface area (Å²) in [5.41, 5.74) is 8.62. The maximum atomic E-state index is 6.17. The Bertz CT molecular complexity index is 2580. The van der Waals surface area contributed by atoms with Gasteiger partial charge >= 0.3 is 0 Å². The van der Waals surface area contributed by atoms with Crippen LogP contribution in [-0.4, -0.2) is 6.21 Å². The van der Waals surface area contributed by atoms with Crippen molar-refractivity contribution >= 4 is 29.0 Å². The molecular weight excluding hydrogens is 765 g/mol. The first kappa shape index (κ1) is 44.0. The minimum absolute atomic E-state index is 0.763. The number of benzene rings is 6. The predicted molar refractivity (Wildman–Crippen MR) is 253 cm³/mol. The van der Waals surface area contributed by atoms with Crippen LogP contribution < -0.4 is 35.2 Å². The summed E-state index contributed by atoms with van der Waals surface area (Å²) in [4.78, 5) is 3.44. The third kappa shape index (κ3) is 14.0. The Morgan fingerprint density at radius 3 is 1.19 bits per heavy atom. The highest BCUT2D eigenvalue weighted by Crippen LogP contribution is 2.25. The second kappa shape index (κ2) is 23.9. The Morgan fingerprint density at radius 1 is 0.371 bits per heavy atom. The van der Waals surface area contributed by atoms with Crippen molar-refractivity contribution < 1.29 is 35.2 Å². The highest BCUT2D eigenvalue weighted by Gasteiger charge is 2.07. The lowest BCUT2D eigenvalue weighted by atomic mass is 10.1. The van der Waals surface area contributed by atoms with Gasteiger partial charge in [0.25, 0.3) is 0 Å². The van der Waals surface area contributed by atoms with Crippen LogP contribution in [-0.2, 0) is 0 Å². The van der Waals surface area contributed by atoms with Crippen molar-refractivity contribution in [3.63, 3.8) is 0 Å². The number of ether oxygens (including phenoxy) is 3. The molecule has 0 aromatic heterocycles. The molecule has 0 fully saturated rings. The molecule has 0 aliphatic rings. The summed E-state index contributed by atoms with van der Waals surface area (Å²) in [5, 5.41) is 6.26. The topological polar surface area (TPSA) is 91.5 Å². The van der Waals surface area contributed by atoms with E-state index in [1.54, 1.807) is 0 Å². The second-order valence-electron chi connectivity index (χ2n) is 14.0. The summed E-state index contributed by atoms with van der Waals surface area (Å²) in [6.07, 6.45) is 23.0. The van der Waals surface area contributed by atoms with Crippen molar-refractivity contribution in [2.24, 2.45) is 0 Å². The smallest absolute Gasteiger partial charge is 0.203 e. The normalized spacial score (nSPS) is 12.8. The zero-order chi connectivity index (χ0) is 43.2. The molecule has 0 amide bonds. The first-order valence-electron chi connectivity index (χ1n) is 20.9. The van der Waals surface area contributed by atoms with Crippen LogP contribution in [0.4, 0.5) is 22.7 Å².